The molecule has 0 aliphatic carbocycles. The summed E-state index contributed by atoms with van der Waals surface area (Å²) in [5.74, 6) is -1.06. The van der Waals surface area contributed by atoms with Gasteiger partial charge in [-0.15, -0.1) is 0 Å². The first-order valence-electron chi connectivity index (χ1n) is 9.17. The number of methoxy groups -OCH3 is 1. The Hall–Kier alpha value is -2.46. The summed E-state index contributed by atoms with van der Waals surface area (Å²) in [5, 5.41) is 0. The molecule has 4 rings (SSSR count). The van der Waals surface area contributed by atoms with Crippen molar-refractivity contribution >= 4 is 0 Å². The lowest BCUT2D eigenvalue weighted by Gasteiger charge is -2.44. The molecule has 0 saturated carbocycles. The largest absolute Gasteiger partial charge is 0.347 e. The van der Waals surface area contributed by atoms with Gasteiger partial charge in [-0.2, -0.15) is 4.89 Å². The number of hydrogen-bond donors (Lipinski definition) is 0. The molecule has 1 atom stereocenters. The molecule has 0 amide bonds. The van der Waals surface area contributed by atoms with Gasteiger partial charge in [0, 0.05) is 12.7 Å². The maximum Gasteiger partial charge on any atom is 0.236 e. The fourth-order valence-electron chi connectivity index (χ4n) is 4.37. The smallest absolute Gasteiger partial charge is 0.236 e. The Balaban J connectivity index is 1.99. The van der Waals surface area contributed by atoms with E-state index < -0.39 is 16.8 Å². The highest BCUT2D eigenvalue weighted by atomic mass is 17.2. The normalized spacial score (nSPS) is 23.2. The number of ether oxygens (including phenoxy) is 1. The van der Waals surface area contributed by atoms with Gasteiger partial charge in [0.05, 0.1) is 5.41 Å². The fraction of sp³-hybridized carbons (Fsp3) is 0.250. The highest BCUT2D eigenvalue weighted by Gasteiger charge is 2.69. The van der Waals surface area contributed by atoms with Crippen molar-refractivity contribution in [2.75, 3.05) is 7.11 Å². The highest BCUT2D eigenvalue weighted by molar-refractivity contribution is 5.42. The Kier molecular flexibility index (Phi) is 4.39. The SMILES string of the molecule is COC1(c2ccccc2)OOC(c2ccccc2)(c2ccccc2)C1(C)C. The molecular formula is C24H24O3. The molecule has 3 aromatic carbocycles. The van der Waals surface area contributed by atoms with E-state index in [0.717, 1.165) is 16.7 Å². The molecular weight excluding hydrogens is 336 g/mol. The van der Waals surface area contributed by atoms with E-state index >= 15 is 0 Å². The number of benzene rings is 3. The summed E-state index contributed by atoms with van der Waals surface area (Å²) in [5.41, 5.74) is 1.55. The van der Waals surface area contributed by atoms with E-state index in [-0.39, 0.29) is 0 Å². The quantitative estimate of drug-likeness (QED) is 0.582. The van der Waals surface area contributed by atoms with Crippen LogP contribution >= 0.6 is 0 Å². The van der Waals surface area contributed by atoms with Crippen LogP contribution in [0, 0.1) is 5.41 Å². The van der Waals surface area contributed by atoms with Crippen molar-refractivity contribution in [3.05, 3.63) is 108 Å². The second-order valence-electron chi connectivity index (χ2n) is 7.39. The molecule has 0 radical (unpaired) electrons. The van der Waals surface area contributed by atoms with Gasteiger partial charge in [-0.05, 0) is 11.1 Å². The van der Waals surface area contributed by atoms with Crippen LogP contribution < -0.4 is 0 Å². The molecule has 1 fully saturated rings. The van der Waals surface area contributed by atoms with Crippen LogP contribution in [0.4, 0.5) is 0 Å². The van der Waals surface area contributed by atoms with Crippen LogP contribution in [0.15, 0.2) is 91.0 Å². The van der Waals surface area contributed by atoms with E-state index in [0.29, 0.717) is 0 Å². The van der Waals surface area contributed by atoms with Gasteiger partial charge in [0.25, 0.3) is 0 Å². The molecule has 138 valence electrons. The van der Waals surface area contributed by atoms with Crippen molar-refractivity contribution in [2.45, 2.75) is 25.2 Å². The van der Waals surface area contributed by atoms with Gasteiger partial charge in [-0.25, -0.2) is 4.89 Å². The maximum atomic E-state index is 6.26. The van der Waals surface area contributed by atoms with E-state index in [4.69, 9.17) is 14.5 Å². The third-order valence-corrected chi connectivity index (χ3v) is 5.79. The summed E-state index contributed by atoms with van der Waals surface area (Å²) >= 11 is 0. The minimum atomic E-state index is -1.06. The lowest BCUT2D eigenvalue weighted by molar-refractivity contribution is -0.406. The van der Waals surface area contributed by atoms with Gasteiger partial charge in [-0.1, -0.05) is 105 Å². The van der Waals surface area contributed by atoms with Gasteiger partial charge >= 0.3 is 0 Å². The topological polar surface area (TPSA) is 27.7 Å². The van der Waals surface area contributed by atoms with Gasteiger partial charge in [0.2, 0.25) is 5.79 Å². The average molecular weight is 360 g/mol. The van der Waals surface area contributed by atoms with Crippen LogP contribution in [0.25, 0.3) is 0 Å². The minimum Gasteiger partial charge on any atom is -0.347 e. The van der Waals surface area contributed by atoms with Crippen molar-refractivity contribution < 1.29 is 14.5 Å². The number of rotatable bonds is 4. The first-order valence-corrected chi connectivity index (χ1v) is 9.17. The molecule has 27 heavy (non-hydrogen) atoms. The predicted molar refractivity (Wildman–Crippen MR) is 105 cm³/mol. The third-order valence-electron chi connectivity index (χ3n) is 5.79. The molecule has 0 N–H and O–H groups in total. The van der Waals surface area contributed by atoms with Gasteiger partial charge in [0.15, 0.2) is 5.60 Å². The van der Waals surface area contributed by atoms with Crippen LogP contribution in [0.5, 0.6) is 0 Å². The van der Waals surface area contributed by atoms with Gasteiger partial charge in [0.1, 0.15) is 0 Å². The zero-order valence-electron chi connectivity index (χ0n) is 15.9. The second-order valence-corrected chi connectivity index (χ2v) is 7.39. The van der Waals surface area contributed by atoms with E-state index in [1.54, 1.807) is 7.11 Å². The molecule has 1 aliphatic rings. The van der Waals surface area contributed by atoms with E-state index in [2.05, 4.69) is 38.1 Å². The molecule has 0 spiro atoms. The fourth-order valence-corrected chi connectivity index (χ4v) is 4.37. The summed E-state index contributed by atoms with van der Waals surface area (Å²) in [6.45, 7) is 4.27. The monoisotopic (exact) mass is 360 g/mol. The third kappa shape index (κ3) is 2.39. The molecule has 1 aliphatic heterocycles. The standard InChI is InChI=1S/C24H24O3/c1-22(2)23(19-13-7-4-8-14-19,20-15-9-5-10-16-20)26-27-24(22,25-3)21-17-11-6-12-18-21/h4-18H,1-3H3. The van der Waals surface area contributed by atoms with Crippen molar-refractivity contribution in [3.8, 4) is 0 Å². The molecule has 1 unspecified atom stereocenters. The van der Waals surface area contributed by atoms with Crippen LogP contribution in [-0.4, -0.2) is 7.11 Å². The van der Waals surface area contributed by atoms with Crippen LogP contribution in [0.2, 0.25) is 0 Å². The van der Waals surface area contributed by atoms with Crippen molar-refractivity contribution in [2.24, 2.45) is 5.41 Å². The summed E-state index contributed by atoms with van der Waals surface area (Å²) in [4.78, 5) is 12.4. The zero-order valence-corrected chi connectivity index (χ0v) is 15.9. The Morgan fingerprint density at radius 3 is 1.41 bits per heavy atom. The molecule has 3 heteroatoms. The van der Waals surface area contributed by atoms with E-state index in [9.17, 15) is 0 Å². The van der Waals surface area contributed by atoms with E-state index in [1.165, 1.54) is 0 Å². The lowest BCUT2D eigenvalue weighted by Crippen LogP contribution is -2.50. The zero-order chi connectivity index (χ0) is 19.0. The van der Waals surface area contributed by atoms with Crippen molar-refractivity contribution in [1.29, 1.82) is 0 Å². The van der Waals surface area contributed by atoms with Crippen molar-refractivity contribution in [3.63, 3.8) is 0 Å². The predicted octanol–water partition coefficient (Wildman–Crippen LogP) is 5.42. The summed E-state index contributed by atoms with van der Waals surface area (Å²) in [6, 6.07) is 30.4. The summed E-state index contributed by atoms with van der Waals surface area (Å²) in [6.07, 6.45) is 0. The Morgan fingerprint density at radius 1 is 0.593 bits per heavy atom. The molecule has 3 nitrogen and oxygen atoms in total. The Labute approximate surface area is 160 Å². The Morgan fingerprint density at radius 2 is 1.00 bits per heavy atom. The van der Waals surface area contributed by atoms with Crippen molar-refractivity contribution in [1.82, 2.24) is 0 Å². The lowest BCUT2D eigenvalue weighted by atomic mass is 9.62. The molecule has 3 aromatic rings. The minimum absolute atomic E-state index is 0.585. The molecule has 1 saturated heterocycles. The second kappa shape index (κ2) is 6.61. The van der Waals surface area contributed by atoms with E-state index in [1.807, 2.05) is 66.7 Å². The highest BCUT2D eigenvalue weighted by Crippen LogP contribution is 2.63. The molecule has 1 heterocycles. The number of hydrogen-bond acceptors (Lipinski definition) is 3. The summed E-state index contributed by atoms with van der Waals surface area (Å²) < 4.78 is 6.05. The Bertz CT molecular complexity index is 851. The maximum absolute atomic E-state index is 6.26. The first-order chi connectivity index (χ1) is 13.1. The summed E-state index contributed by atoms with van der Waals surface area (Å²) in [7, 11) is 1.67. The molecule has 0 aromatic heterocycles. The van der Waals surface area contributed by atoms with Crippen LogP contribution in [0.3, 0.4) is 0 Å². The van der Waals surface area contributed by atoms with Gasteiger partial charge in [-0.3, -0.25) is 0 Å². The average Bonchev–Trinajstić information content (AvgIpc) is 2.98. The van der Waals surface area contributed by atoms with Crippen LogP contribution in [-0.2, 0) is 25.9 Å². The molecule has 0 bridgehead atoms. The first kappa shape index (κ1) is 17.9. The van der Waals surface area contributed by atoms with Gasteiger partial charge < -0.3 is 4.74 Å². The van der Waals surface area contributed by atoms with Crippen LogP contribution in [0.1, 0.15) is 30.5 Å².